The maximum atomic E-state index is 12.6. The highest BCUT2D eigenvalue weighted by molar-refractivity contribution is 7.92. The van der Waals surface area contributed by atoms with Crippen molar-refractivity contribution in [2.45, 2.75) is 18.0 Å². The molecule has 29 heavy (non-hydrogen) atoms. The van der Waals surface area contributed by atoms with E-state index in [9.17, 15) is 26.4 Å². The van der Waals surface area contributed by atoms with Gasteiger partial charge in [-0.05, 0) is 49.4 Å². The minimum Gasteiger partial charge on any atom is -0.361 e. The van der Waals surface area contributed by atoms with E-state index in [0.717, 1.165) is 12.1 Å². The number of sulfonamides is 1. The van der Waals surface area contributed by atoms with Crippen molar-refractivity contribution in [2.75, 3.05) is 10.0 Å². The maximum absolute atomic E-state index is 12.6. The first-order valence-electron chi connectivity index (χ1n) is 8.09. The molecule has 0 aliphatic heterocycles. The lowest BCUT2D eigenvalue weighted by atomic mass is 10.2. The fourth-order valence-electron chi connectivity index (χ4n) is 2.41. The van der Waals surface area contributed by atoms with E-state index in [4.69, 9.17) is 4.52 Å². The normalized spacial score (nSPS) is 11.9. The third-order valence-electron chi connectivity index (χ3n) is 3.86. The van der Waals surface area contributed by atoms with Crippen LogP contribution in [0.3, 0.4) is 0 Å². The number of nitrogens with one attached hydrogen (secondary N) is 2. The van der Waals surface area contributed by atoms with Gasteiger partial charge in [-0.15, -0.1) is 0 Å². The van der Waals surface area contributed by atoms with Gasteiger partial charge in [0.2, 0.25) is 0 Å². The molecule has 0 fully saturated rings. The summed E-state index contributed by atoms with van der Waals surface area (Å²) in [7, 11) is -4.13. The Kier molecular flexibility index (Phi) is 5.33. The highest BCUT2D eigenvalue weighted by Crippen LogP contribution is 2.30. The van der Waals surface area contributed by atoms with Crippen LogP contribution in [0.15, 0.2) is 64.1 Å². The van der Waals surface area contributed by atoms with Crippen LogP contribution in [-0.2, 0) is 16.2 Å². The molecule has 3 rings (SSSR count). The number of carbonyl (C=O) groups excluding carboxylic acids is 1. The summed E-state index contributed by atoms with van der Waals surface area (Å²) in [5, 5.41) is 6.08. The predicted molar refractivity (Wildman–Crippen MR) is 97.9 cm³/mol. The number of hydrogen-bond acceptors (Lipinski definition) is 5. The van der Waals surface area contributed by atoms with Gasteiger partial charge in [-0.25, -0.2) is 8.42 Å². The van der Waals surface area contributed by atoms with Crippen LogP contribution in [0.4, 0.5) is 24.5 Å². The lowest BCUT2D eigenvalue weighted by molar-refractivity contribution is -0.137. The molecular formula is C18H14F3N3O4S. The standard InChI is InChI=1S/C18H14F3N3O4S/c1-11-16(10-22-28-11)17(25)23-13-3-2-4-14(9-13)24-29(26,27)15-7-5-12(6-8-15)18(19,20)21/h2-10,24H,1H3,(H,23,25). The third kappa shape index (κ3) is 4.74. The number of aromatic nitrogens is 1. The van der Waals surface area contributed by atoms with E-state index in [-0.39, 0.29) is 16.1 Å². The molecule has 0 bridgehead atoms. The summed E-state index contributed by atoms with van der Waals surface area (Å²) in [5.74, 6) is -0.173. The van der Waals surface area contributed by atoms with Crippen LogP contribution in [0.1, 0.15) is 21.7 Å². The van der Waals surface area contributed by atoms with Gasteiger partial charge < -0.3 is 9.84 Å². The third-order valence-corrected chi connectivity index (χ3v) is 5.26. The molecule has 0 saturated heterocycles. The number of benzene rings is 2. The number of alkyl halides is 3. The molecule has 0 atom stereocenters. The van der Waals surface area contributed by atoms with Crippen LogP contribution in [0.25, 0.3) is 0 Å². The number of amides is 1. The first-order valence-corrected chi connectivity index (χ1v) is 9.57. The second-order valence-corrected chi connectivity index (χ2v) is 7.64. The lowest BCUT2D eigenvalue weighted by Crippen LogP contribution is -2.15. The van der Waals surface area contributed by atoms with Crippen molar-refractivity contribution >= 4 is 27.3 Å². The van der Waals surface area contributed by atoms with Crippen LogP contribution in [0, 0.1) is 6.92 Å². The number of hydrogen-bond donors (Lipinski definition) is 2. The Labute approximate surface area is 163 Å². The first kappa shape index (κ1) is 20.4. The molecule has 3 aromatic rings. The zero-order valence-corrected chi connectivity index (χ0v) is 15.6. The predicted octanol–water partition coefficient (Wildman–Crippen LogP) is 4.05. The molecule has 0 aliphatic carbocycles. The van der Waals surface area contributed by atoms with Gasteiger partial charge in [-0.3, -0.25) is 9.52 Å². The van der Waals surface area contributed by atoms with E-state index in [1.54, 1.807) is 6.92 Å². The Morgan fingerprint density at radius 2 is 1.72 bits per heavy atom. The summed E-state index contributed by atoms with van der Waals surface area (Å²) < 4.78 is 69.8. The van der Waals surface area contributed by atoms with Crippen molar-refractivity contribution in [1.29, 1.82) is 0 Å². The molecule has 7 nitrogen and oxygen atoms in total. The maximum Gasteiger partial charge on any atom is 0.416 e. The van der Waals surface area contributed by atoms with Crippen molar-refractivity contribution in [1.82, 2.24) is 5.16 Å². The van der Waals surface area contributed by atoms with E-state index in [1.807, 2.05) is 0 Å². The Morgan fingerprint density at radius 1 is 1.07 bits per heavy atom. The largest absolute Gasteiger partial charge is 0.416 e. The Balaban J connectivity index is 1.77. The van der Waals surface area contributed by atoms with Gasteiger partial charge >= 0.3 is 6.18 Å². The molecule has 0 saturated carbocycles. The molecule has 0 aliphatic rings. The zero-order valence-electron chi connectivity index (χ0n) is 14.8. The van der Waals surface area contributed by atoms with E-state index in [1.165, 1.54) is 30.5 Å². The van der Waals surface area contributed by atoms with Crippen molar-refractivity contribution in [3.8, 4) is 0 Å². The Morgan fingerprint density at radius 3 is 2.31 bits per heavy atom. The molecule has 1 heterocycles. The van der Waals surface area contributed by atoms with Crippen molar-refractivity contribution in [3.63, 3.8) is 0 Å². The lowest BCUT2D eigenvalue weighted by Gasteiger charge is -2.11. The van der Waals surface area contributed by atoms with Gasteiger partial charge in [0.05, 0.1) is 22.3 Å². The van der Waals surface area contributed by atoms with Crippen molar-refractivity contribution in [2.24, 2.45) is 0 Å². The van der Waals surface area contributed by atoms with Gasteiger partial charge in [-0.1, -0.05) is 11.2 Å². The van der Waals surface area contributed by atoms with Crippen LogP contribution in [-0.4, -0.2) is 19.5 Å². The van der Waals surface area contributed by atoms with Crippen molar-refractivity contribution in [3.05, 3.63) is 71.6 Å². The average molecular weight is 425 g/mol. The summed E-state index contributed by atoms with van der Waals surface area (Å²) in [4.78, 5) is 11.9. The SMILES string of the molecule is Cc1oncc1C(=O)Nc1cccc(NS(=O)(=O)c2ccc(C(F)(F)F)cc2)c1. The van der Waals surface area contributed by atoms with Gasteiger partial charge in [0.25, 0.3) is 15.9 Å². The van der Waals surface area contributed by atoms with Crippen LogP contribution in [0.5, 0.6) is 0 Å². The second-order valence-electron chi connectivity index (χ2n) is 5.96. The van der Waals surface area contributed by atoms with Crippen LogP contribution >= 0.6 is 0 Å². The second kappa shape index (κ2) is 7.59. The summed E-state index contributed by atoms with van der Waals surface area (Å²) in [6.07, 6.45) is -3.31. The molecule has 1 amide bonds. The van der Waals surface area contributed by atoms with Crippen molar-refractivity contribution < 1.29 is 30.9 Å². The van der Waals surface area contributed by atoms with Gasteiger partial charge in [0, 0.05) is 5.69 Å². The number of nitrogens with zero attached hydrogens (tertiary/aromatic N) is 1. The van der Waals surface area contributed by atoms with E-state index in [2.05, 4.69) is 15.2 Å². The number of carbonyl (C=O) groups is 1. The number of anilines is 2. The molecule has 0 unspecified atom stereocenters. The molecule has 0 radical (unpaired) electrons. The van der Waals surface area contributed by atoms with E-state index in [0.29, 0.717) is 23.6 Å². The number of halogens is 3. The van der Waals surface area contributed by atoms with Gasteiger partial charge in [0.15, 0.2) is 0 Å². The summed E-state index contributed by atoms with van der Waals surface area (Å²) in [5.41, 5.74) is -0.320. The Hall–Kier alpha value is -3.34. The summed E-state index contributed by atoms with van der Waals surface area (Å²) in [6, 6.07) is 8.94. The van der Waals surface area contributed by atoms with E-state index < -0.39 is 27.7 Å². The molecule has 11 heteroatoms. The Bertz CT molecular complexity index is 1140. The van der Waals surface area contributed by atoms with Gasteiger partial charge in [-0.2, -0.15) is 13.2 Å². The average Bonchev–Trinajstić information content (AvgIpc) is 3.07. The first-order chi connectivity index (χ1) is 13.6. The fourth-order valence-corrected chi connectivity index (χ4v) is 3.46. The number of rotatable bonds is 5. The molecule has 1 aromatic heterocycles. The molecule has 2 N–H and O–H groups in total. The molecule has 152 valence electrons. The smallest absolute Gasteiger partial charge is 0.361 e. The summed E-state index contributed by atoms with van der Waals surface area (Å²) >= 11 is 0. The fraction of sp³-hybridized carbons (Fsp3) is 0.111. The highest BCUT2D eigenvalue weighted by atomic mass is 32.2. The topological polar surface area (TPSA) is 101 Å². The zero-order chi connectivity index (χ0) is 21.2. The minimum absolute atomic E-state index is 0.115. The quantitative estimate of drug-likeness (QED) is 0.642. The number of aryl methyl sites for hydroxylation is 1. The van der Waals surface area contributed by atoms with Crippen LogP contribution in [0.2, 0.25) is 0 Å². The van der Waals surface area contributed by atoms with E-state index >= 15 is 0 Å². The highest BCUT2D eigenvalue weighted by Gasteiger charge is 2.30. The molecular weight excluding hydrogens is 411 g/mol. The summed E-state index contributed by atoms with van der Waals surface area (Å²) in [6.45, 7) is 1.57. The van der Waals surface area contributed by atoms with Crippen LogP contribution < -0.4 is 10.0 Å². The monoisotopic (exact) mass is 425 g/mol. The minimum atomic E-state index is -4.56. The molecule has 0 spiro atoms. The van der Waals surface area contributed by atoms with Gasteiger partial charge in [0.1, 0.15) is 11.3 Å². The molecule has 2 aromatic carbocycles.